The van der Waals surface area contributed by atoms with E-state index in [9.17, 15) is 14.4 Å². The smallest absolute Gasteiger partial charge is 0.246 e. The van der Waals surface area contributed by atoms with Crippen molar-refractivity contribution < 1.29 is 23.9 Å². The fourth-order valence-electron chi connectivity index (χ4n) is 7.68. The molecule has 5 aliphatic rings. The second-order valence-electron chi connectivity index (χ2n) is 11.8. The molecule has 6 rings (SSSR count). The van der Waals surface area contributed by atoms with Gasteiger partial charge >= 0.3 is 0 Å². The van der Waals surface area contributed by atoms with Crippen molar-refractivity contribution in [2.45, 2.75) is 94.5 Å². The normalized spacial score (nSPS) is 36.3. The monoisotopic (exact) mass is 521 g/mol. The zero-order valence-electron chi connectivity index (χ0n) is 22.4. The van der Waals surface area contributed by atoms with E-state index in [1.54, 1.807) is 19.2 Å². The summed E-state index contributed by atoms with van der Waals surface area (Å²) in [5.41, 5.74) is -0.511. The molecule has 3 heterocycles. The van der Waals surface area contributed by atoms with Gasteiger partial charge in [-0.2, -0.15) is 0 Å². The molecule has 2 N–H and O–H groups in total. The molecule has 7 atom stereocenters. The lowest BCUT2D eigenvalue weighted by Crippen LogP contribution is -2.59. The average molecular weight is 522 g/mol. The van der Waals surface area contributed by atoms with E-state index >= 15 is 0 Å². The standard InChI is InChI=1S/C30H39N3O5/c1-18-9-6-7-14-22(18)32-28(35)26-30-16-15-23(38-30)24(27(34)31-19-10-8-13-21(17-19)37-2)25(30)29(36)33(26)20-11-4-3-5-12-20/h8,10,13,15-18,20,22-26H,3-7,9,11-12,14H2,1-2H3,(H,31,34)(H,32,35)/t18?,22?,23-,24?,25-,26?,30?/m1/s1. The topological polar surface area (TPSA) is 97.0 Å². The number of hydrogen-bond acceptors (Lipinski definition) is 5. The van der Waals surface area contributed by atoms with Gasteiger partial charge in [-0.05, 0) is 43.7 Å². The molecule has 4 fully saturated rings. The molecule has 5 unspecified atom stereocenters. The number of carbonyl (C=O) groups excluding carboxylic acids is 3. The third kappa shape index (κ3) is 4.12. The van der Waals surface area contributed by atoms with Crippen LogP contribution in [0.4, 0.5) is 5.69 Å². The van der Waals surface area contributed by atoms with Crippen molar-refractivity contribution in [3.63, 3.8) is 0 Å². The van der Waals surface area contributed by atoms with Crippen molar-refractivity contribution in [1.29, 1.82) is 0 Å². The molecule has 0 aromatic heterocycles. The van der Waals surface area contributed by atoms with Crippen molar-refractivity contribution >= 4 is 23.4 Å². The summed E-state index contributed by atoms with van der Waals surface area (Å²) in [7, 11) is 1.58. The van der Waals surface area contributed by atoms with Crippen LogP contribution in [0.2, 0.25) is 0 Å². The molecule has 38 heavy (non-hydrogen) atoms. The fourth-order valence-corrected chi connectivity index (χ4v) is 7.68. The molecular formula is C30H39N3O5. The van der Waals surface area contributed by atoms with Gasteiger partial charge < -0.3 is 25.0 Å². The fraction of sp³-hybridized carbons (Fsp3) is 0.633. The van der Waals surface area contributed by atoms with E-state index < -0.39 is 29.6 Å². The Kier molecular flexibility index (Phi) is 6.70. The molecule has 1 aromatic carbocycles. The maximum absolute atomic E-state index is 14.2. The lowest BCUT2D eigenvalue weighted by molar-refractivity contribution is -0.145. The summed E-state index contributed by atoms with van der Waals surface area (Å²) in [5, 5.41) is 6.30. The molecule has 8 nitrogen and oxygen atoms in total. The second kappa shape index (κ2) is 10.0. The molecular weight excluding hydrogens is 482 g/mol. The molecule has 2 bridgehead atoms. The number of hydrogen-bond donors (Lipinski definition) is 2. The highest BCUT2D eigenvalue weighted by Gasteiger charge is 2.73. The Morgan fingerprint density at radius 3 is 2.58 bits per heavy atom. The van der Waals surface area contributed by atoms with Gasteiger partial charge in [-0.1, -0.05) is 57.2 Å². The largest absolute Gasteiger partial charge is 0.497 e. The number of amides is 3. The van der Waals surface area contributed by atoms with Crippen LogP contribution in [0.15, 0.2) is 36.4 Å². The summed E-state index contributed by atoms with van der Waals surface area (Å²) in [6.45, 7) is 2.19. The number of nitrogens with zero attached hydrogens (tertiary/aromatic N) is 1. The molecule has 2 saturated carbocycles. The molecule has 3 aliphatic heterocycles. The van der Waals surface area contributed by atoms with E-state index in [0.29, 0.717) is 17.4 Å². The highest BCUT2D eigenvalue weighted by atomic mass is 16.5. The van der Waals surface area contributed by atoms with Crippen molar-refractivity contribution in [2.24, 2.45) is 17.8 Å². The van der Waals surface area contributed by atoms with E-state index in [4.69, 9.17) is 9.47 Å². The van der Waals surface area contributed by atoms with Gasteiger partial charge in [-0.15, -0.1) is 0 Å². The lowest BCUT2D eigenvalue weighted by atomic mass is 9.74. The predicted molar refractivity (Wildman–Crippen MR) is 142 cm³/mol. The molecule has 3 amide bonds. The van der Waals surface area contributed by atoms with Gasteiger partial charge in [-0.25, -0.2) is 0 Å². The van der Waals surface area contributed by atoms with Gasteiger partial charge in [0.05, 0.1) is 25.0 Å². The predicted octanol–water partition coefficient (Wildman–Crippen LogP) is 3.81. The number of nitrogens with one attached hydrogen (secondary N) is 2. The summed E-state index contributed by atoms with van der Waals surface area (Å²) < 4.78 is 11.8. The average Bonchev–Trinajstić information content (AvgIpc) is 3.58. The molecule has 0 radical (unpaired) electrons. The molecule has 2 saturated heterocycles. The Morgan fingerprint density at radius 1 is 1.05 bits per heavy atom. The molecule has 204 valence electrons. The van der Waals surface area contributed by atoms with Gasteiger partial charge in [0.15, 0.2) is 0 Å². The first-order valence-electron chi connectivity index (χ1n) is 14.4. The zero-order chi connectivity index (χ0) is 26.4. The van der Waals surface area contributed by atoms with Gasteiger partial charge in [0, 0.05) is 23.8 Å². The van der Waals surface area contributed by atoms with Crippen LogP contribution >= 0.6 is 0 Å². The van der Waals surface area contributed by atoms with Crippen LogP contribution in [-0.2, 0) is 19.1 Å². The maximum Gasteiger partial charge on any atom is 0.246 e. The minimum atomic E-state index is -1.11. The molecule has 1 spiro atoms. The van der Waals surface area contributed by atoms with Gasteiger partial charge in [0.2, 0.25) is 17.7 Å². The Bertz CT molecular complexity index is 1130. The Morgan fingerprint density at radius 2 is 1.82 bits per heavy atom. The second-order valence-corrected chi connectivity index (χ2v) is 11.8. The van der Waals surface area contributed by atoms with E-state index in [2.05, 4.69) is 17.6 Å². The molecule has 8 heteroatoms. The zero-order valence-corrected chi connectivity index (χ0v) is 22.4. The van der Waals surface area contributed by atoms with Crippen LogP contribution in [0.3, 0.4) is 0 Å². The number of anilines is 1. The van der Waals surface area contributed by atoms with E-state index in [-0.39, 0.29) is 29.8 Å². The van der Waals surface area contributed by atoms with E-state index in [1.165, 1.54) is 6.42 Å². The minimum Gasteiger partial charge on any atom is -0.497 e. The molecule has 1 aromatic rings. The van der Waals surface area contributed by atoms with Crippen LogP contribution in [0.25, 0.3) is 0 Å². The van der Waals surface area contributed by atoms with Crippen molar-refractivity contribution in [2.75, 3.05) is 12.4 Å². The number of carbonyl (C=O) groups is 3. The van der Waals surface area contributed by atoms with Crippen molar-refractivity contribution in [3.05, 3.63) is 36.4 Å². The van der Waals surface area contributed by atoms with Crippen LogP contribution in [0.5, 0.6) is 5.75 Å². The van der Waals surface area contributed by atoms with Crippen molar-refractivity contribution in [1.82, 2.24) is 10.2 Å². The van der Waals surface area contributed by atoms with Crippen LogP contribution in [0.1, 0.15) is 64.7 Å². The quantitative estimate of drug-likeness (QED) is 0.555. The number of fused-ring (bicyclic) bond motifs is 1. The molecule has 2 aliphatic carbocycles. The first-order valence-corrected chi connectivity index (χ1v) is 14.4. The Hall–Kier alpha value is -2.87. The summed E-state index contributed by atoms with van der Waals surface area (Å²) in [6, 6.07) is 6.51. The highest BCUT2D eigenvalue weighted by molar-refractivity contribution is 6.03. The van der Waals surface area contributed by atoms with E-state index in [1.807, 2.05) is 29.2 Å². The first-order chi connectivity index (χ1) is 18.4. The van der Waals surface area contributed by atoms with Crippen LogP contribution in [-0.4, -0.2) is 59.6 Å². The summed E-state index contributed by atoms with van der Waals surface area (Å²) >= 11 is 0. The summed E-state index contributed by atoms with van der Waals surface area (Å²) in [4.78, 5) is 43.8. The van der Waals surface area contributed by atoms with Gasteiger partial charge in [-0.3, -0.25) is 14.4 Å². The summed E-state index contributed by atoms with van der Waals surface area (Å²) in [5.74, 6) is -0.897. The number of ether oxygens (including phenoxy) is 2. The minimum absolute atomic E-state index is 0.00565. The first kappa shape index (κ1) is 25.4. The van der Waals surface area contributed by atoms with Crippen LogP contribution < -0.4 is 15.4 Å². The Labute approximate surface area is 224 Å². The maximum atomic E-state index is 14.2. The SMILES string of the molecule is COc1cccc(NC(=O)C2[C@H]3C=CC4(O3)C(C(=O)NC3CCCCC3C)N(C3CCCCC3)C(=O)[C@@H]24)c1. The summed E-state index contributed by atoms with van der Waals surface area (Å²) in [6.07, 6.45) is 12.6. The number of methoxy groups -OCH3 is 1. The van der Waals surface area contributed by atoms with E-state index in [0.717, 1.165) is 51.4 Å². The number of likely N-dealkylation sites (tertiary alicyclic amines) is 1. The third-order valence-electron chi connectivity index (χ3n) is 9.61. The van der Waals surface area contributed by atoms with Gasteiger partial charge in [0.25, 0.3) is 0 Å². The lowest BCUT2D eigenvalue weighted by Gasteiger charge is -2.40. The van der Waals surface area contributed by atoms with Crippen molar-refractivity contribution in [3.8, 4) is 5.75 Å². The van der Waals surface area contributed by atoms with Crippen LogP contribution in [0, 0.1) is 17.8 Å². The highest BCUT2D eigenvalue weighted by Crippen LogP contribution is 2.56. The third-order valence-corrected chi connectivity index (χ3v) is 9.61. The number of rotatable bonds is 6. The number of benzene rings is 1. The van der Waals surface area contributed by atoms with Gasteiger partial charge in [0.1, 0.15) is 17.4 Å². The Balaban J connectivity index is 1.31.